The lowest BCUT2D eigenvalue weighted by Crippen LogP contribution is -1.99. The molecule has 0 saturated carbocycles. The first kappa shape index (κ1) is 13.1. The predicted molar refractivity (Wildman–Crippen MR) is 76.8 cm³/mol. The smallest absolute Gasteiger partial charge is 0.119 e. The van der Waals surface area contributed by atoms with Crippen LogP contribution in [-0.2, 0) is 6.54 Å². The van der Waals surface area contributed by atoms with Crippen LogP contribution in [0.3, 0.4) is 0 Å². The minimum Gasteiger partial charge on any atom is -0.497 e. The number of anilines is 1. The first-order valence-corrected chi connectivity index (χ1v) is 6.26. The Morgan fingerprint density at radius 2 is 1.61 bits per heavy atom. The van der Waals surface area contributed by atoms with Crippen molar-refractivity contribution < 1.29 is 4.74 Å². The number of nitrogens with one attached hydrogen (secondary N) is 1. The summed E-state index contributed by atoms with van der Waals surface area (Å²) in [5.41, 5.74) is 2.07. The van der Waals surface area contributed by atoms with Gasteiger partial charge < -0.3 is 10.1 Å². The average molecular weight is 282 g/mol. The van der Waals surface area contributed by atoms with Gasteiger partial charge in [-0.2, -0.15) is 0 Å². The number of rotatable bonds is 4. The number of hydrogen-bond acceptors (Lipinski definition) is 2. The molecule has 0 aliphatic rings. The molecule has 2 nitrogen and oxygen atoms in total. The molecule has 0 amide bonds. The summed E-state index contributed by atoms with van der Waals surface area (Å²) in [5, 5.41) is 4.59. The van der Waals surface area contributed by atoms with Crippen LogP contribution < -0.4 is 10.1 Å². The monoisotopic (exact) mass is 281 g/mol. The molecule has 4 heteroatoms. The van der Waals surface area contributed by atoms with Gasteiger partial charge in [0.05, 0.1) is 7.11 Å². The van der Waals surface area contributed by atoms with Crippen molar-refractivity contribution in [2.45, 2.75) is 6.54 Å². The van der Waals surface area contributed by atoms with Gasteiger partial charge >= 0.3 is 0 Å². The Balaban J connectivity index is 2.01. The largest absolute Gasteiger partial charge is 0.497 e. The minimum absolute atomic E-state index is 0.647. The van der Waals surface area contributed by atoms with Crippen LogP contribution in [0.25, 0.3) is 0 Å². The summed E-state index contributed by atoms with van der Waals surface area (Å²) < 4.78 is 5.10. The van der Waals surface area contributed by atoms with Crippen molar-refractivity contribution in [1.82, 2.24) is 0 Å². The van der Waals surface area contributed by atoms with E-state index in [0.29, 0.717) is 16.6 Å². The summed E-state index contributed by atoms with van der Waals surface area (Å²) in [5.74, 6) is 0.839. The van der Waals surface area contributed by atoms with Crippen LogP contribution in [0.4, 0.5) is 5.69 Å². The number of ether oxygens (including phenoxy) is 1. The molecule has 0 radical (unpaired) electrons. The highest BCUT2D eigenvalue weighted by Crippen LogP contribution is 2.20. The lowest BCUT2D eigenvalue weighted by molar-refractivity contribution is 0.415. The Hall–Kier alpha value is -1.38. The maximum Gasteiger partial charge on any atom is 0.119 e. The third-order valence-electron chi connectivity index (χ3n) is 2.51. The Bertz CT molecular complexity index is 506. The Morgan fingerprint density at radius 3 is 2.17 bits per heavy atom. The molecule has 0 saturated heterocycles. The zero-order chi connectivity index (χ0) is 13.0. The van der Waals surface area contributed by atoms with Crippen molar-refractivity contribution in [2.75, 3.05) is 12.4 Å². The summed E-state index contributed by atoms with van der Waals surface area (Å²) in [4.78, 5) is 0. The SMILES string of the molecule is COc1ccc(NCc2cc(Cl)cc(Cl)c2)cc1. The van der Waals surface area contributed by atoms with Gasteiger partial charge in [0.1, 0.15) is 5.75 Å². The van der Waals surface area contributed by atoms with E-state index in [1.54, 1.807) is 13.2 Å². The summed E-state index contributed by atoms with van der Waals surface area (Å²) in [7, 11) is 1.65. The normalized spacial score (nSPS) is 10.2. The molecule has 0 aliphatic heterocycles. The summed E-state index contributed by atoms with van der Waals surface area (Å²) in [6, 6.07) is 13.3. The highest BCUT2D eigenvalue weighted by Gasteiger charge is 1.99. The topological polar surface area (TPSA) is 21.3 Å². The summed E-state index contributed by atoms with van der Waals surface area (Å²) in [6.45, 7) is 0.673. The molecule has 2 rings (SSSR count). The predicted octanol–water partition coefficient (Wildman–Crippen LogP) is 4.61. The zero-order valence-corrected chi connectivity index (χ0v) is 11.4. The van der Waals surface area contributed by atoms with Crippen LogP contribution in [0.1, 0.15) is 5.56 Å². The summed E-state index contributed by atoms with van der Waals surface area (Å²) in [6.07, 6.45) is 0. The van der Waals surface area contributed by atoms with Gasteiger partial charge in [-0.3, -0.25) is 0 Å². The van der Waals surface area contributed by atoms with Crippen molar-refractivity contribution in [1.29, 1.82) is 0 Å². The molecule has 0 spiro atoms. The molecule has 0 atom stereocenters. The molecule has 0 heterocycles. The van der Waals surface area contributed by atoms with E-state index in [1.165, 1.54) is 0 Å². The van der Waals surface area contributed by atoms with Crippen molar-refractivity contribution in [3.05, 3.63) is 58.1 Å². The fourth-order valence-corrected chi connectivity index (χ4v) is 2.20. The average Bonchev–Trinajstić information content (AvgIpc) is 2.36. The van der Waals surface area contributed by atoms with Gasteiger partial charge in [-0.15, -0.1) is 0 Å². The van der Waals surface area contributed by atoms with Gasteiger partial charge in [0.25, 0.3) is 0 Å². The fraction of sp³-hybridized carbons (Fsp3) is 0.143. The van der Waals surface area contributed by atoms with Crippen molar-refractivity contribution in [2.24, 2.45) is 0 Å². The van der Waals surface area contributed by atoms with Crippen LogP contribution in [0.15, 0.2) is 42.5 Å². The van der Waals surface area contributed by atoms with Crippen molar-refractivity contribution in [3.8, 4) is 5.75 Å². The van der Waals surface area contributed by atoms with Gasteiger partial charge in [-0.25, -0.2) is 0 Å². The van der Waals surface area contributed by atoms with E-state index < -0.39 is 0 Å². The molecule has 94 valence electrons. The van der Waals surface area contributed by atoms with Gasteiger partial charge in [0, 0.05) is 22.3 Å². The molecular formula is C14H13Cl2NO. The quantitative estimate of drug-likeness (QED) is 0.883. The Kier molecular flexibility index (Phi) is 4.34. The molecule has 2 aromatic carbocycles. The molecule has 2 aromatic rings. The maximum atomic E-state index is 5.94. The molecule has 0 unspecified atom stereocenters. The minimum atomic E-state index is 0.647. The third kappa shape index (κ3) is 3.56. The molecule has 0 aliphatic carbocycles. The highest BCUT2D eigenvalue weighted by atomic mass is 35.5. The first-order chi connectivity index (χ1) is 8.67. The summed E-state index contributed by atoms with van der Waals surface area (Å²) >= 11 is 11.9. The van der Waals surface area contributed by atoms with E-state index in [0.717, 1.165) is 17.0 Å². The fourth-order valence-electron chi connectivity index (χ4n) is 1.63. The Labute approximate surface area is 116 Å². The van der Waals surface area contributed by atoms with E-state index in [2.05, 4.69) is 5.32 Å². The number of benzene rings is 2. The van der Waals surface area contributed by atoms with Crippen molar-refractivity contribution >= 4 is 28.9 Å². The molecule has 0 aromatic heterocycles. The first-order valence-electron chi connectivity index (χ1n) is 5.50. The molecule has 0 fully saturated rings. The van der Waals surface area contributed by atoms with E-state index >= 15 is 0 Å². The van der Waals surface area contributed by atoms with Crippen LogP contribution >= 0.6 is 23.2 Å². The van der Waals surface area contributed by atoms with E-state index in [-0.39, 0.29) is 0 Å². The van der Waals surface area contributed by atoms with Gasteiger partial charge in [-0.1, -0.05) is 23.2 Å². The molecule has 1 N–H and O–H groups in total. The van der Waals surface area contributed by atoms with Gasteiger partial charge in [-0.05, 0) is 48.0 Å². The van der Waals surface area contributed by atoms with E-state index in [9.17, 15) is 0 Å². The standard InChI is InChI=1S/C14H13Cl2NO/c1-18-14-4-2-13(3-5-14)17-9-10-6-11(15)8-12(16)7-10/h2-8,17H,9H2,1H3. The molecule has 18 heavy (non-hydrogen) atoms. The number of halogens is 2. The lowest BCUT2D eigenvalue weighted by atomic mass is 10.2. The zero-order valence-electron chi connectivity index (χ0n) is 9.91. The highest BCUT2D eigenvalue weighted by molar-refractivity contribution is 6.34. The molecule has 0 bridgehead atoms. The Morgan fingerprint density at radius 1 is 1.00 bits per heavy atom. The van der Waals surface area contributed by atoms with Gasteiger partial charge in [0.15, 0.2) is 0 Å². The molecular weight excluding hydrogens is 269 g/mol. The van der Waals surface area contributed by atoms with Crippen LogP contribution in [-0.4, -0.2) is 7.11 Å². The number of hydrogen-bond donors (Lipinski definition) is 1. The third-order valence-corrected chi connectivity index (χ3v) is 2.95. The maximum absolute atomic E-state index is 5.94. The van der Waals surface area contributed by atoms with Crippen molar-refractivity contribution in [3.63, 3.8) is 0 Å². The van der Waals surface area contributed by atoms with Gasteiger partial charge in [0.2, 0.25) is 0 Å². The second-order valence-corrected chi connectivity index (χ2v) is 4.73. The van der Waals surface area contributed by atoms with Crippen LogP contribution in [0.2, 0.25) is 10.0 Å². The lowest BCUT2D eigenvalue weighted by Gasteiger charge is -2.08. The van der Waals surface area contributed by atoms with E-state index in [4.69, 9.17) is 27.9 Å². The van der Waals surface area contributed by atoms with Crippen LogP contribution in [0, 0.1) is 0 Å². The second kappa shape index (κ2) is 5.98. The number of methoxy groups -OCH3 is 1. The second-order valence-electron chi connectivity index (χ2n) is 3.86. The van der Waals surface area contributed by atoms with E-state index in [1.807, 2.05) is 36.4 Å². The van der Waals surface area contributed by atoms with Crippen LogP contribution in [0.5, 0.6) is 5.75 Å².